The fourth-order valence-electron chi connectivity index (χ4n) is 4.72. The van der Waals surface area contributed by atoms with Crippen molar-refractivity contribution >= 4 is 28.4 Å². The number of carbonyl (C=O) groups excluding carboxylic acids is 1. The lowest BCUT2D eigenvalue weighted by Gasteiger charge is -2.46. The second kappa shape index (κ2) is 5.61. The normalized spacial score (nSPS) is 21.4. The second-order valence-corrected chi connectivity index (χ2v) is 8.02. The molecule has 2 aliphatic rings. The maximum Gasteiger partial charge on any atom is 0.237 e. The average Bonchev–Trinajstić information content (AvgIpc) is 2.86. The minimum atomic E-state index is -0.818. The number of para-hydroxylation sites is 1. The fraction of sp³-hybridized carbons (Fsp3) is 0.208. The van der Waals surface area contributed by atoms with Gasteiger partial charge in [-0.1, -0.05) is 48.5 Å². The second-order valence-electron chi connectivity index (χ2n) is 8.02. The van der Waals surface area contributed by atoms with Gasteiger partial charge in [0.2, 0.25) is 11.6 Å². The molecular formula is C24H22N2O2. The topological polar surface area (TPSA) is 55.6 Å². The summed E-state index contributed by atoms with van der Waals surface area (Å²) >= 11 is 0. The molecule has 5 rings (SSSR count). The van der Waals surface area contributed by atoms with Crippen molar-refractivity contribution < 1.29 is 9.53 Å². The van der Waals surface area contributed by atoms with E-state index in [0.29, 0.717) is 0 Å². The number of hydrogen-bond donors (Lipinski definition) is 1. The highest BCUT2D eigenvalue weighted by molar-refractivity contribution is 5.94. The van der Waals surface area contributed by atoms with Gasteiger partial charge in [0.1, 0.15) is 12.3 Å². The summed E-state index contributed by atoms with van der Waals surface area (Å²) in [5, 5.41) is 2.33. The summed E-state index contributed by atoms with van der Waals surface area (Å²) in [5.41, 5.74) is 7.62. The van der Waals surface area contributed by atoms with E-state index >= 15 is 0 Å². The van der Waals surface area contributed by atoms with Crippen LogP contribution in [0.25, 0.3) is 16.8 Å². The van der Waals surface area contributed by atoms with Crippen LogP contribution in [0.3, 0.4) is 0 Å². The van der Waals surface area contributed by atoms with Crippen LogP contribution in [0, 0.1) is 0 Å². The zero-order chi connectivity index (χ0) is 19.5. The van der Waals surface area contributed by atoms with Crippen molar-refractivity contribution in [3.8, 4) is 5.75 Å². The number of ether oxygens (including phenoxy) is 1. The molecule has 0 unspecified atom stereocenters. The highest BCUT2D eigenvalue weighted by Gasteiger charge is 2.59. The quantitative estimate of drug-likeness (QED) is 0.735. The molecule has 1 atom stereocenters. The predicted molar refractivity (Wildman–Crippen MR) is 112 cm³/mol. The van der Waals surface area contributed by atoms with Crippen LogP contribution in [0.2, 0.25) is 0 Å². The van der Waals surface area contributed by atoms with Crippen LogP contribution in [0.15, 0.2) is 66.7 Å². The standard InChI is InChI=1S/C24H22N2O2/c1-23(2)19-9-5-6-10-20(19)26(15-22(25)27)24(23)14-13-18-17-8-4-3-7-16(17)11-12-21(18)28-24/h3-14H,15H2,1-2H3,(H2,25,27)/t24-/m0/s1. The monoisotopic (exact) mass is 370 g/mol. The third kappa shape index (κ3) is 2.09. The SMILES string of the molecule is CC1(C)c2ccccc2N(CC(N)=O)[C@]12C=Cc1c(ccc3ccccc13)O2. The minimum Gasteiger partial charge on any atom is -0.463 e. The Balaban J connectivity index is 1.72. The van der Waals surface area contributed by atoms with Crippen molar-refractivity contribution in [2.24, 2.45) is 5.73 Å². The van der Waals surface area contributed by atoms with E-state index in [4.69, 9.17) is 10.5 Å². The molecule has 0 saturated heterocycles. The number of nitrogens with zero attached hydrogens (tertiary/aromatic N) is 1. The van der Waals surface area contributed by atoms with Gasteiger partial charge in [-0.2, -0.15) is 0 Å². The molecule has 0 saturated carbocycles. The van der Waals surface area contributed by atoms with Gasteiger partial charge in [0.15, 0.2) is 0 Å². The lowest BCUT2D eigenvalue weighted by atomic mass is 9.76. The number of primary amides is 1. The van der Waals surface area contributed by atoms with E-state index in [1.165, 1.54) is 5.39 Å². The molecule has 2 aliphatic heterocycles. The van der Waals surface area contributed by atoms with Gasteiger partial charge in [-0.15, -0.1) is 0 Å². The summed E-state index contributed by atoms with van der Waals surface area (Å²) in [7, 11) is 0. The van der Waals surface area contributed by atoms with E-state index in [9.17, 15) is 4.79 Å². The molecule has 28 heavy (non-hydrogen) atoms. The Hall–Kier alpha value is -3.27. The highest BCUT2D eigenvalue weighted by Crippen LogP contribution is 2.55. The Kier molecular flexibility index (Phi) is 3.38. The third-order valence-electron chi connectivity index (χ3n) is 6.15. The summed E-state index contributed by atoms with van der Waals surface area (Å²) in [6, 6.07) is 20.5. The first-order valence-electron chi connectivity index (χ1n) is 9.49. The van der Waals surface area contributed by atoms with E-state index < -0.39 is 5.72 Å². The summed E-state index contributed by atoms with van der Waals surface area (Å²) in [6.45, 7) is 4.40. The van der Waals surface area contributed by atoms with Gasteiger partial charge in [0.25, 0.3) is 0 Å². The van der Waals surface area contributed by atoms with Gasteiger partial charge in [0, 0.05) is 11.3 Å². The summed E-state index contributed by atoms with van der Waals surface area (Å²) in [5.74, 6) is 0.435. The molecule has 4 heteroatoms. The zero-order valence-corrected chi connectivity index (χ0v) is 16.0. The van der Waals surface area contributed by atoms with Gasteiger partial charge < -0.3 is 15.4 Å². The lowest BCUT2D eigenvalue weighted by Crippen LogP contribution is -2.61. The van der Waals surface area contributed by atoms with E-state index in [1.54, 1.807) is 0 Å². The number of amides is 1. The van der Waals surface area contributed by atoms with Crippen LogP contribution in [0.4, 0.5) is 5.69 Å². The van der Waals surface area contributed by atoms with Gasteiger partial charge in [-0.05, 0) is 54.5 Å². The average molecular weight is 370 g/mol. The fourth-order valence-corrected chi connectivity index (χ4v) is 4.72. The summed E-state index contributed by atoms with van der Waals surface area (Å²) in [4.78, 5) is 13.9. The van der Waals surface area contributed by atoms with Crippen molar-refractivity contribution in [3.63, 3.8) is 0 Å². The summed E-state index contributed by atoms with van der Waals surface area (Å²) < 4.78 is 6.73. The number of rotatable bonds is 2. The molecule has 0 aliphatic carbocycles. The largest absolute Gasteiger partial charge is 0.463 e. The van der Waals surface area contributed by atoms with Crippen molar-refractivity contribution in [1.29, 1.82) is 0 Å². The van der Waals surface area contributed by atoms with Gasteiger partial charge in [-0.25, -0.2) is 0 Å². The molecule has 4 nitrogen and oxygen atoms in total. The molecule has 2 N–H and O–H groups in total. The Morgan fingerprint density at radius 1 is 1.04 bits per heavy atom. The molecule has 1 spiro atoms. The maximum absolute atomic E-state index is 11.9. The number of benzene rings is 3. The van der Waals surface area contributed by atoms with Gasteiger partial charge >= 0.3 is 0 Å². The van der Waals surface area contributed by atoms with Crippen LogP contribution in [0.1, 0.15) is 25.0 Å². The zero-order valence-electron chi connectivity index (χ0n) is 16.0. The molecule has 3 aromatic carbocycles. The molecule has 0 aromatic heterocycles. The lowest BCUT2D eigenvalue weighted by molar-refractivity contribution is -0.117. The van der Waals surface area contributed by atoms with Crippen molar-refractivity contribution in [3.05, 3.63) is 77.9 Å². The number of anilines is 1. The Labute approximate surface area is 164 Å². The van der Waals surface area contributed by atoms with Gasteiger partial charge in [-0.3, -0.25) is 4.79 Å². The highest BCUT2D eigenvalue weighted by atomic mass is 16.5. The molecule has 3 aromatic rings. The first-order chi connectivity index (χ1) is 13.4. The molecule has 2 heterocycles. The van der Waals surface area contributed by atoms with E-state index in [0.717, 1.165) is 28.0 Å². The maximum atomic E-state index is 11.9. The van der Waals surface area contributed by atoms with Crippen molar-refractivity contribution in [2.75, 3.05) is 11.4 Å². The first kappa shape index (κ1) is 16.9. The smallest absolute Gasteiger partial charge is 0.237 e. The van der Waals surface area contributed by atoms with Crippen LogP contribution in [-0.4, -0.2) is 18.2 Å². The van der Waals surface area contributed by atoms with Crippen LogP contribution >= 0.6 is 0 Å². The molecule has 1 amide bonds. The predicted octanol–water partition coefficient (Wildman–Crippen LogP) is 4.22. The van der Waals surface area contributed by atoms with Crippen LogP contribution in [0.5, 0.6) is 5.75 Å². The molecule has 0 fully saturated rings. The Morgan fingerprint density at radius 3 is 2.61 bits per heavy atom. The molecule has 0 bridgehead atoms. The number of nitrogens with two attached hydrogens (primary N) is 1. The Morgan fingerprint density at radius 2 is 1.79 bits per heavy atom. The minimum absolute atomic E-state index is 0.0910. The van der Waals surface area contributed by atoms with E-state index in [-0.39, 0.29) is 17.9 Å². The molecule has 140 valence electrons. The van der Waals surface area contributed by atoms with E-state index in [2.05, 4.69) is 50.3 Å². The molecular weight excluding hydrogens is 348 g/mol. The molecule has 0 radical (unpaired) electrons. The number of carbonyl (C=O) groups is 1. The van der Waals surface area contributed by atoms with Crippen molar-refractivity contribution in [2.45, 2.75) is 25.0 Å². The summed E-state index contributed by atoms with van der Waals surface area (Å²) in [6.07, 6.45) is 4.22. The third-order valence-corrected chi connectivity index (χ3v) is 6.15. The van der Waals surface area contributed by atoms with Crippen LogP contribution in [-0.2, 0) is 10.2 Å². The van der Waals surface area contributed by atoms with Gasteiger partial charge in [0.05, 0.1) is 5.41 Å². The number of hydrogen-bond acceptors (Lipinski definition) is 3. The Bertz CT molecular complexity index is 1150. The van der Waals surface area contributed by atoms with Crippen molar-refractivity contribution in [1.82, 2.24) is 0 Å². The first-order valence-corrected chi connectivity index (χ1v) is 9.49. The van der Waals surface area contributed by atoms with Crippen LogP contribution < -0.4 is 15.4 Å². The number of fused-ring (bicyclic) bond motifs is 4. The van der Waals surface area contributed by atoms with E-state index in [1.807, 2.05) is 41.3 Å².